The molecule has 7 heteroatoms. The van der Waals surface area contributed by atoms with E-state index in [4.69, 9.17) is 11.3 Å². The molecule has 0 radical (unpaired) electrons. The Morgan fingerprint density at radius 2 is 1.78 bits per heavy atom. The number of anilines is 1. The monoisotopic (exact) mass is 422 g/mol. The summed E-state index contributed by atoms with van der Waals surface area (Å²) in [6.45, 7) is 13.2. The number of aryl methyl sites for hydroxylation is 2. The van der Waals surface area contributed by atoms with Crippen molar-refractivity contribution in [3.63, 3.8) is 0 Å². The lowest BCUT2D eigenvalue weighted by Gasteiger charge is -2.30. The van der Waals surface area contributed by atoms with Crippen molar-refractivity contribution in [2.24, 2.45) is 0 Å². The fraction of sp³-hybridized carbons (Fsp3) is 0.240. The van der Waals surface area contributed by atoms with E-state index < -0.39 is 0 Å². The van der Waals surface area contributed by atoms with Gasteiger partial charge in [-0.2, -0.15) is 0 Å². The van der Waals surface area contributed by atoms with E-state index in [9.17, 15) is 0 Å². The second-order valence-electron chi connectivity index (χ2n) is 8.52. The van der Waals surface area contributed by atoms with E-state index in [1.165, 1.54) is 16.8 Å². The molecule has 158 valence electrons. The number of nitrogens with zero attached hydrogens (tertiary/aromatic N) is 6. The van der Waals surface area contributed by atoms with Crippen LogP contribution in [0.15, 0.2) is 42.9 Å². The predicted molar refractivity (Wildman–Crippen MR) is 123 cm³/mol. The van der Waals surface area contributed by atoms with Gasteiger partial charge in [0.25, 0.3) is 0 Å². The Kier molecular flexibility index (Phi) is 3.93. The Morgan fingerprint density at radius 1 is 1.00 bits per heavy atom. The molecule has 2 aromatic heterocycles. The van der Waals surface area contributed by atoms with Gasteiger partial charge in [-0.3, -0.25) is 4.57 Å². The molecule has 4 aromatic rings. The number of hydrogen-bond acceptors (Lipinski definition) is 4. The van der Waals surface area contributed by atoms with Crippen molar-refractivity contribution in [2.75, 3.05) is 11.9 Å². The molecule has 2 aliphatic heterocycles. The molecule has 0 atom stereocenters. The number of imidazole rings is 2. The Labute approximate surface area is 186 Å². The highest BCUT2D eigenvalue weighted by Gasteiger charge is 2.26. The zero-order valence-electron chi connectivity index (χ0n) is 18.3. The van der Waals surface area contributed by atoms with Crippen molar-refractivity contribution in [1.29, 1.82) is 0 Å². The number of fused-ring (bicyclic) bond motifs is 6. The standard InChI is InChI=1S/C25H22N6O/c1-15-9-17(11-20-19(15)5-7-31-22(26-3)13-28-25(20)31)32-18-10-16(2)23-21(12-18)24-27-6-8-30(24)14-29(23)4/h6,8-13H,5,7,14H2,1-2,4H3. The molecule has 0 saturated carbocycles. The summed E-state index contributed by atoms with van der Waals surface area (Å²) in [5.41, 5.74) is 6.92. The van der Waals surface area contributed by atoms with Gasteiger partial charge in [-0.05, 0) is 54.8 Å². The lowest BCUT2D eigenvalue weighted by molar-refractivity contribution is 0.481. The van der Waals surface area contributed by atoms with E-state index in [0.717, 1.165) is 59.5 Å². The Balaban J connectivity index is 1.43. The fourth-order valence-corrected chi connectivity index (χ4v) is 5.07. The van der Waals surface area contributed by atoms with Crippen molar-refractivity contribution in [3.05, 3.63) is 71.0 Å². The molecule has 0 unspecified atom stereocenters. The average molecular weight is 422 g/mol. The highest BCUT2D eigenvalue weighted by Crippen LogP contribution is 2.42. The SMILES string of the molecule is [C-]#[N+]c1cnc2n1CCc1c(C)cc(Oc3cc(C)c4c(c3)-c3nccn3CN4C)cc1-2. The minimum atomic E-state index is 0.583. The van der Waals surface area contributed by atoms with Crippen molar-refractivity contribution in [2.45, 2.75) is 33.5 Å². The maximum absolute atomic E-state index is 7.40. The first-order valence-corrected chi connectivity index (χ1v) is 10.7. The predicted octanol–water partition coefficient (Wildman–Crippen LogP) is 5.34. The van der Waals surface area contributed by atoms with E-state index in [1.807, 2.05) is 17.0 Å². The van der Waals surface area contributed by atoms with Crippen LogP contribution in [0.1, 0.15) is 16.7 Å². The maximum atomic E-state index is 7.40. The van der Waals surface area contributed by atoms with Crippen LogP contribution in [0, 0.1) is 20.4 Å². The molecular weight excluding hydrogens is 400 g/mol. The van der Waals surface area contributed by atoms with Gasteiger partial charge in [0.15, 0.2) is 0 Å². The van der Waals surface area contributed by atoms with E-state index >= 15 is 0 Å². The first-order valence-electron chi connectivity index (χ1n) is 10.7. The van der Waals surface area contributed by atoms with Crippen LogP contribution in [0.4, 0.5) is 11.5 Å². The molecular formula is C25H22N6O. The highest BCUT2D eigenvalue weighted by atomic mass is 16.5. The molecule has 32 heavy (non-hydrogen) atoms. The Bertz CT molecular complexity index is 1440. The maximum Gasteiger partial charge on any atom is 0.250 e. The Morgan fingerprint density at radius 3 is 2.59 bits per heavy atom. The number of rotatable bonds is 2. The van der Waals surface area contributed by atoms with Crippen LogP contribution >= 0.6 is 0 Å². The molecule has 0 bridgehead atoms. The first-order chi connectivity index (χ1) is 15.5. The molecule has 0 aliphatic carbocycles. The second kappa shape index (κ2) is 6.72. The lowest BCUT2D eigenvalue weighted by atomic mass is 9.95. The largest absolute Gasteiger partial charge is 0.457 e. The van der Waals surface area contributed by atoms with Gasteiger partial charge in [-0.25, -0.2) is 9.97 Å². The van der Waals surface area contributed by atoms with Gasteiger partial charge in [0.05, 0.1) is 25.1 Å². The van der Waals surface area contributed by atoms with Crippen LogP contribution in [0.2, 0.25) is 0 Å². The van der Waals surface area contributed by atoms with Gasteiger partial charge in [-0.1, -0.05) is 6.57 Å². The normalized spacial score (nSPS) is 13.6. The van der Waals surface area contributed by atoms with Crippen LogP contribution in [0.5, 0.6) is 11.5 Å². The molecule has 4 heterocycles. The third-order valence-electron chi connectivity index (χ3n) is 6.43. The summed E-state index contributed by atoms with van der Waals surface area (Å²) in [7, 11) is 2.10. The van der Waals surface area contributed by atoms with E-state index in [-0.39, 0.29) is 0 Å². The summed E-state index contributed by atoms with van der Waals surface area (Å²) in [6.07, 6.45) is 6.39. The number of ether oxygens (including phenoxy) is 1. The molecule has 0 spiro atoms. The van der Waals surface area contributed by atoms with Gasteiger partial charge in [0.1, 0.15) is 17.3 Å². The summed E-state index contributed by atoms with van der Waals surface area (Å²) < 4.78 is 10.5. The van der Waals surface area contributed by atoms with Gasteiger partial charge >= 0.3 is 0 Å². The van der Waals surface area contributed by atoms with Crippen LogP contribution in [-0.2, 0) is 19.6 Å². The first kappa shape index (κ1) is 18.7. The Hall–Kier alpha value is -4.05. The van der Waals surface area contributed by atoms with Gasteiger partial charge in [0.2, 0.25) is 11.6 Å². The molecule has 2 aliphatic rings. The summed E-state index contributed by atoms with van der Waals surface area (Å²) in [5.74, 6) is 3.94. The van der Waals surface area contributed by atoms with Crippen LogP contribution in [0.3, 0.4) is 0 Å². The van der Waals surface area contributed by atoms with Crippen LogP contribution < -0.4 is 9.64 Å². The molecule has 0 fully saturated rings. The highest BCUT2D eigenvalue weighted by molar-refractivity contribution is 5.80. The summed E-state index contributed by atoms with van der Waals surface area (Å²) in [4.78, 5) is 15.0. The lowest BCUT2D eigenvalue weighted by Crippen LogP contribution is -2.26. The quantitative estimate of drug-likeness (QED) is 0.409. The van der Waals surface area contributed by atoms with Crippen molar-refractivity contribution >= 4 is 11.5 Å². The van der Waals surface area contributed by atoms with E-state index in [0.29, 0.717) is 5.82 Å². The van der Waals surface area contributed by atoms with Gasteiger partial charge in [-0.15, -0.1) is 0 Å². The van der Waals surface area contributed by atoms with Crippen LogP contribution in [0.25, 0.3) is 27.6 Å². The zero-order valence-corrected chi connectivity index (χ0v) is 18.3. The fourth-order valence-electron chi connectivity index (χ4n) is 5.07. The van der Waals surface area contributed by atoms with Crippen molar-refractivity contribution in [1.82, 2.24) is 19.1 Å². The summed E-state index contributed by atoms with van der Waals surface area (Å²) in [6, 6.07) is 8.30. The van der Waals surface area contributed by atoms with Crippen molar-refractivity contribution < 1.29 is 4.74 Å². The molecule has 7 nitrogen and oxygen atoms in total. The number of benzene rings is 2. The number of aromatic nitrogens is 4. The van der Waals surface area contributed by atoms with Gasteiger partial charge in [0, 0.05) is 37.0 Å². The second-order valence-corrected chi connectivity index (χ2v) is 8.52. The molecule has 6 rings (SSSR count). The third-order valence-corrected chi connectivity index (χ3v) is 6.43. The van der Waals surface area contributed by atoms with Gasteiger partial charge < -0.3 is 19.0 Å². The minimum absolute atomic E-state index is 0.583. The summed E-state index contributed by atoms with van der Waals surface area (Å²) >= 11 is 0. The molecule has 0 N–H and O–H groups in total. The average Bonchev–Trinajstić information content (AvgIpc) is 3.40. The topological polar surface area (TPSA) is 52.5 Å². The molecule has 0 saturated heterocycles. The molecule has 2 aromatic carbocycles. The third kappa shape index (κ3) is 2.66. The van der Waals surface area contributed by atoms with Crippen LogP contribution in [-0.4, -0.2) is 26.1 Å². The summed E-state index contributed by atoms with van der Waals surface area (Å²) in [5, 5.41) is 0. The smallest absolute Gasteiger partial charge is 0.250 e. The van der Waals surface area contributed by atoms with E-state index in [1.54, 1.807) is 6.20 Å². The molecule has 0 amide bonds. The van der Waals surface area contributed by atoms with E-state index in [2.05, 4.69) is 69.4 Å². The minimum Gasteiger partial charge on any atom is -0.457 e. The zero-order chi connectivity index (χ0) is 22.0. The van der Waals surface area contributed by atoms with Crippen molar-refractivity contribution in [3.8, 4) is 34.3 Å². The number of hydrogen-bond donors (Lipinski definition) is 0.